The molecule has 3 heteroatoms. The van der Waals surface area contributed by atoms with Crippen LogP contribution in [0.15, 0.2) is 0 Å². The van der Waals surface area contributed by atoms with E-state index in [4.69, 9.17) is 16.3 Å². The van der Waals surface area contributed by atoms with Gasteiger partial charge in [-0.1, -0.05) is 0 Å². The minimum absolute atomic E-state index is 0.198. The van der Waals surface area contributed by atoms with Crippen molar-refractivity contribution in [3.05, 3.63) is 0 Å². The van der Waals surface area contributed by atoms with Crippen molar-refractivity contribution in [3.63, 3.8) is 0 Å². The summed E-state index contributed by atoms with van der Waals surface area (Å²) < 4.78 is 11.8. The quantitative estimate of drug-likeness (QED) is 0.473. The fourth-order valence-corrected chi connectivity index (χ4v) is 0.685. The van der Waals surface area contributed by atoms with Crippen LogP contribution < -0.4 is 0 Å². The first-order chi connectivity index (χ1) is 4.24. The Morgan fingerprint density at radius 3 is 2.88 bits per heavy atom. The maximum absolute atomic E-state index is 8.95. The van der Waals surface area contributed by atoms with Gasteiger partial charge in [-0.15, -0.1) is 0 Å². The number of aliphatic hydroxyl groups is 2. The van der Waals surface area contributed by atoms with Crippen LogP contribution in [0.25, 0.3) is 0 Å². The number of hydrogen-bond acceptors (Lipinski definition) is 3. The van der Waals surface area contributed by atoms with E-state index in [9.17, 15) is 0 Å². The highest BCUT2D eigenvalue weighted by molar-refractivity contribution is 4.73. The normalized spacial score (nSPS) is 49.2. The molecule has 1 aliphatic rings. The van der Waals surface area contributed by atoms with Gasteiger partial charge in [-0.3, -0.25) is 0 Å². The molecule has 0 spiro atoms. The van der Waals surface area contributed by atoms with Crippen LogP contribution in [-0.4, -0.2) is 35.6 Å². The molecule has 0 aromatic heterocycles. The van der Waals surface area contributed by atoms with Gasteiger partial charge in [0.05, 0.1) is 14.1 Å². The van der Waals surface area contributed by atoms with Crippen molar-refractivity contribution in [1.29, 1.82) is 0 Å². The van der Waals surface area contributed by atoms with Crippen molar-refractivity contribution < 1.29 is 16.3 Å². The Morgan fingerprint density at radius 1 is 1.88 bits per heavy atom. The molecule has 0 aromatic carbocycles. The lowest BCUT2D eigenvalue weighted by atomic mass is 10.2. The van der Waals surface area contributed by atoms with Gasteiger partial charge in [0.25, 0.3) is 0 Å². The van der Waals surface area contributed by atoms with Crippen LogP contribution >= 0.6 is 0 Å². The highest BCUT2D eigenvalue weighted by Gasteiger charge is 2.24. The zero-order valence-corrected chi connectivity index (χ0v) is 4.45. The Hall–Kier alpha value is -0.120. The topological polar surface area (TPSA) is 49.7 Å². The lowest BCUT2D eigenvalue weighted by Gasteiger charge is -2.07. The van der Waals surface area contributed by atoms with Crippen molar-refractivity contribution in [3.8, 4) is 0 Å². The molecule has 1 saturated heterocycles. The second kappa shape index (κ2) is 2.44. The zero-order valence-electron chi connectivity index (χ0n) is 5.45. The van der Waals surface area contributed by atoms with E-state index >= 15 is 0 Å². The largest absolute Gasteiger partial charge is 0.394 e. The van der Waals surface area contributed by atoms with Crippen molar-refractivity contribution in [2.75, 3.05) is 13.2 Å². The summed E-state index contributed by atoms with van der Waals surface area (Å²) in [5.74, 6) is 0. The van der Waals surface area contributed by atoms with E-state index in [-0.39, 0.29) is 6.61 Å². The van der Waals surface area contributed by atoms with Gasteiger partial charge in [0.15, 0.2) is 0 Å². The van der Waals surface area contributed by atoms with E-state index in [0.29, 0.717) is 6.42 Å². The van der Waals surface area contributed by atoms with Gasteiger partial charge < -0.3 is 14.9 Å². The first kappa shape index (κ1) is 4.73. The maximum atomic E-state index is 8.95. The van der Waals surface area contributed by atoms with Crippen LogP contribution in [0.4, 0.5) is 0 Å². The smallest absolute Gasteiger partial charge is 0.106 e. The van der Waals surface area contributed by atoms with Crippen molar-refractivity contribution in [2.45, 2.75) is 18.6 Å². The molecule has 0 amide bonds. The van der Waals surface area contributed by atoms with Crippen molar-refractivity contribution in [2.24, 2.45) is 0 Å². The summed E-state index contributed by atoms with van der Waals surface area (Å²) in [7, 11) is 0. The number of hydrogen-bond donors (Lipinski definition) is 2. The van der Waals surface area contributed by atoms with Gasteiger partial charge in [-0.25, -0.2) is 0 Å². The van der Waals surface area contributed by atoms with E-state index in [2.05, 4.69) is 0 Å². The molecule has 1 unspecified atom stereocenters. The third-order valence-corrected chi connectivity index (χ3v) is 1.22. The highest BCUT2D eigenvalue weighted by atomic mass is 16.5. The summed E-state index contributed by atoms with van der Waals surface area (Å²) >= 11 is 0. The van der Waals surface area contributed by atoms with Crippen LogP contribution in [0.1, 0.15) is 7.79 Å². The molecule has 0 aromatic rings. The predicted octanol–water partition coefficient (Wildman–Crippen LogP) is -0.871. The van der Waals surface area contributed by atoms with E-state index in [0.717, 1.165) is 0 Å². The SMILES string of the molecule is [3H]C1C[C@@H](O)[C@H](CO)O1. The highest BCUT2D eigenvalue weighted by Crippen LogP contribution is 2.11. The van der Waals surface area contributed by atoms with Crippen LogP contribution in [0.5, 0.6) is 0 Å². The molecule has 2 N–H and O–H groups in total. The predicted molar refractivity (Wildman–Crippen MR) is 27.4 cm³/mol. The van der Waals surface area contributed by atoms with Gasteiger partial charge in [-0.05, 0) is 6.42 Å². The van der Waals surface area contributed by atoms with Crippen LogP contribution in [0.3, 0.4) is 0 Å². The molecule has 0 aliphatic carbocycles. The summed E-state index contributed by atoms with van der Waals surface area (Å²) in [6.07, 6.45) is -0.879. The minimum Gasteiger partial charge on any atom is -0.394 e. The molecule has 1 rings (SSSR count). The molecule has 8 heavy (non-hydrogen) atoms. The zero-order chi connectivity index (χ0) is 6.85. The Balaban J connectivity index is 2.38. The van der Waals surface area contributed by atoms with E-state index in [1.54, 1.807) is 0 Å². The van der Waals surface area contributed by atoms with Gasteiger partial charge in [-0.2, -0.15) is 0 Å². The molecule has 0 radical (unpaired) electrons. The molecule has 0 saturated carbocycles. The number of aliphatic hydroxyl groups excluding tert-OH is 2. The van der Waals surface area contributed by atoms with Crippen LogP contribution in [-0.2, 0) is 4.74 Å². The third-order valence-electron chi connectivity index (χ3n) is 1.22. The Bertz CT molecular complexity index is 98.2. The van der Waals surface area contributed by atoms with E-state index < -0.39 is 18.8 Å². The summed E-state index contributed by atoms with van der Waals surface area (Å²) in [5, 5.41) is 17.4. The molecule has 3 nitrogen and oxygen atoms in total. The average molecular weight is 120 g/mol. The summed E-state index contributed by atoms with van der Waals surface area (Å²) in [6.45, 7) is -0.853. The average Bonchev–Trinajstić information content (AvgIpc) is 2.10. The lowest BCUT2D eigenvalue weighted by molar-refractivity contribution is 0.00406. The van der Waals surface area contributed by atoms with Gasteiger partial charge in [0.1, 0.15) is 6.10 Å². The number of ether oxygens (including phenoxy) is 1. The second-order valence-electron chi connectivity index (χ2n) is 1.83. The maximum Gasteiger partial charge on any atom is 0.106 e. The molecular formula is C5H10O3. The molecule has 1 aliphatic heterocycles. The second-order valence-corrected chi connectivity index (χ2v) is 1.83. The molecule has 3 atom stereocenters. The van der Waals surface area contributed by atoms with Crippen LogP contribution in [0, 0.1) is 0 Å². The molecule has 1 fully saturated rings. The van der Waals surface area contributed by atoms with Gasteiger partial charge >= 0.3 is 0 Å². The summed E-state index contributed by atoms with van der Waals surface area (Å²) in [6, 6.07) is 0. The molecule has 1 heterocycles. The lowest BCUT2D eigenvalue weighted by Crippen LogP contribution is -2.24. The fraction of sp³-hybridized carbons (Fsp3) is 1.00. The van der Waals surface area contributed by atoms with Gasteiger partial charge in [0.2, 0.25) is 0 Å². The summed E-state index contributed by atoms with van der Waals surface area (Å²) in [4.78, 5) is 0. The van der Waals surface area contributed by atoms with E-state index in [1.165, 1.54) is 0 Å². The van der Waals surface area contributed by atoms with Crippen molar-refractivity contribution >= 4 is 0 Å². The third kappa shape index (κ3) is 0.992. The molecule has 0 bridgehead atoms. The van der Waals surface area contributed by atoms with Crippen molar-refractivity contribution in [1.82, 2.24) is 0 Å². The standard InChI is InChI=1S/C5H10O3/c6-3-5-4(7)1-2-8-5/h4-7H,1-3H2/t4-,5+/m1/s1/i2T/t2?,4-,5+. The monoisotopic (exact) mass is 120 g/mol. The molecular weight excluding hydrogens is 108 g/mol. The summed E-state index contributed by atoms with van der Waals surface area (Å²) in [5.41, 5.74) is 0. The Labute approximate surface area is 49.3 Å². The molecule has 48 valence electrons. The number of rotatable bonds is 1. The Morgan fingerprint density at radius 2 is 2.62 bits per heavy atom. The Kier molecular flexibility index (Phi) is 1.44. The van der Waals surface area contributed by atoms with Crippen LogP contribution in [0.2, 0.25) is 0 Å². The minimum atomic E-state index is -0.655. The first-order valence-electron chi connectivity index (χ1n) is 3.18. The fourth-order valence-electron chi connectivity index (χ4n) is 0.685. The first-order valence-corrected chi connectivity index (χ1v) is 2.60. The van der Waals surface area contributed by atoms with Gasteiger partial charge in [0, 0.05) is 6.58 Å². The van der Waals surface area contributed by atoms with E-state index in [1.807, 2.05) is 0 Å².